The zero-order chi connectivity index (χ0) is 24.8. The molecule has 0 aliphatic rings. The van der Waals surface area contributed by atoms with Gasteiger partial charge in [-0.3, -0.25) is 14.2 Å². The number of hydrogen-bond donors (Lipinski definition) is 1. The Morgan fingerprint density at radius 2 is 1.77 bits per heavy atom. The first kappa shape index (κ1) is 24.2. The number of halogens is 1. The fraction of sp³-hybridized carbons (Fsp3) is 0.231. The summed E-state index contributed by atoms with van der Waals surface area (Å²) in [6.07, 6.45) is 2.97. The van der Waals surface area contributed by atoms with Crippen LogP contribution in [-0.2, 0) is 29.2 Å². The van der Waals surface area contributed by atoms with Crippen LogP contribution >= 0.6 is 11.6 Å². The minimum absolute atomic E-state index is 0.263. The van der Waals surface area contributed by atoms with E-state index in [1.54, 1.807) is 16.9 Å². The predicted octanol–water partition coefficient (Wildman–Crippen LogP) is 3.92. The third-order valence-electron chi connectivity index (χ3n) is 5.66. The van der Waals surface area contributed by atoms with Crippen LogP contribution in [0.2, 0.25) is 5.02 Å². The smallest absolute Gasteiger partial charge is 0.341 e. The van der Waals surface area contributed by atoms with Crippen molar-refractivity contribution in [3.8, 4) is 0 Å². The number of aromatic nitrogens is 4. The van der Waals surface area contributed by atoms with Gasteiger partial charge in [0.15, 0.2) is 6.61 Å². The van der Waals surface area contributed by atoms with E-state index < -0.39 is 11.9 Å². The van der Waals surface area contributed by atoms with E-state index in [2.05, 4.69) is 15.5 Å². The number of benzene rings is 2. The molecule has 0 saturated carbocycles. The van der Waals surface area contributed by atoms with Crippen molar-refractivity contribution in [2.45, 2.75) is 33.5 Å². The highest BCUT2D eigenvalue weighted by Crippen LogP contribution is 2.17. The Bertz CT molecular complexity index is 1330. The highest BCUT2D eigenvalue weighted by molar-refractivity contribution is 6.31. The van der Waals surface area contributed by atoms with Gasteiger partial charge >= 0.3 is 5.97 Å². The van der Waals surface area contributed by atoms with Crippen LogP contribution in [0.25, 0.3) is 0 Å². The Morgan fingerprint density at radius 1 is 1.03 bits per heavy atom. The average Bonchev–Trinajstić information content (AvgIpc) is 3.42. The van der Waals surface area contributed by atoms with Gasteiger partial charge in [0, 0.05) is 29.0 Å². The van der Waals surface area contributed by atoms with Crippen LogP contribution in [0.5, 0.6) is 0 Å². The number of hydrogen-bond acceptors (Lipinski definition) is 5. The Balaban J connectivity index is 1.27. The van der Waals surface area contributed by atoms with E-state index in [1.165, 1.54) is 6.20 Å². The largest absolute Gasteiger partial charge is 0.452 e. The fourth-order valence-electron chi connectivity index (χ4n) is 3.71. The summed E-state index contributed by atoms with van der Waals surface area (Å²) in [5, 5.41) is 12.2. The van der Waals surface area contributed by atoms with Crippen LogP contribution in [0.15, 0.2) is 67.0 Å². The van der Waals surface area contributed by atoms with Crippen LogP contribution in [0.4, 0.5) is 0 Å². The summed E-state index contributed by atoms with van der Waals surface area (Å²) in [6, 6.07) is 17.5. The van der Waals surface area contributed by atoms with Crippen LogP contribution in [0, 0.1) is 13.8 Å². The fourth-order valence-corrected chi connectivity index (χ4v) is 3.90. The normalized spacial score (nSPS) is 10.8. The maximum absolute atomic E-state index is 12.3. The predicted molar refractivity (Wildman–Crippen MR) is 132 cm³/mol. The maximum Gasteiger partial charge on any atom is 0.341 e. The van der Waals surface area contributed by atoms with Crippen molar-refractivity contribution < 1.29 is 14.3 Å². The lowest BCUT2D eigenvalue weighted by Gasteiger charge is -2.08. The summed E-state index contributed by atoms with van der Waals surface area (Å²) in [7, 11) is 0. The van der Waals surface area contributed by atoms with Crippen molar-refractivity contribution in [2.75, 3.05) is 6.61 Å². The molecular weight excluding hydrogens is 466 g/mol. The van der Waals surface area contributed by atoms with Gasteiger partial charge in [-0.15, -0.1) is 0 Å². The number of amides is 1. The molecule has 35 heavy (non-hydrogen) atoms. The first-order chi connectivity index (χ1) is 16.9. The molecule has 0 aliphatic carbocycles. The topological polar surface area (TPSA) is 91.0 Å². The Hall–Kier alpha value is -3.91. The Kier molecular flexibility index (Phi) is 7.62. The number of carbonyl (C=O) groups is 2. The van der Waals surface area contributed by atoms with Crippen LogP contribution in [0.1, 0.15) is 38.4 Å². The van der Waals surface area contributed by atoms with Crippen molar-refractivity contribution in [1.29, 1.82) is 0 Å². The molecule has 2 aromatic carbocycles. The number of rotatable bonds is 9. The number of aryl methyl sites for hydroxylation is 1. The number of esters is 1. The van der Waals surface area contributed by atoms with Gasteiger partial charge in [-0.05, 0) is 31.0 Å². The first-order valence-electron chi connectivity index (χ1n) is 11.2. The van der Waals surface area contributed by atoms with E-state index in [0.717, 1.165) is 28.1 Å². The maximum atomic E-state index is 12.3. The molecule has 8 nitrogen and oxygen atoms in total. The molecule has 0 saturated heterocycles. The number of carbonyl (C=O) groups excluding carboxylic acids is 2. The van der Waals surface area contributed by atoms with Crippen molar-refractivity contribution in [3.05, 3.63) is 106 Å². The van der Waals surface area contributed by atoms with Crippen molar-refractivity contribution >= 4 is 23.5 Å². The molecule has 0 atom stereocenters. The quantitative estimate of drug-likeness (QED) is 0.358. The molecule has 0 radical (unpaired) electrons. The lowest BCUT2D eigenvalue weighted by atomic mass is 10.2. The zero-order valence-electron chi connectivity index (χ0n) is 19.6. The molecule has 4 aromatic rings. The molecule has 180 valence electrons. The molecule has 4 rings (SSSR count). The molecule has 9 heteroatoms. The zero-order valence-corrected chi connectivity index (χ0v) is 20.3. The molecule has 1 N–H and O–H groups in total. The minimum atomic E-state index is -0.617. The van der Waals surface area contributed by atoms with Gasteiger partial charge in [0.2, 0.25) is 0 Å². The van der Waals surface area contributed by atoms with Crippen molar-refractivity contribution in [2.24, 2.45) is 0 Å². The first-order valence-corrected chi connectivity index (χ1v) is 11.5. The standard InChI is InChI=1S/C26H26ClN5O3/c1-18-23(19(2)32(30-18)14-20-8-4-3-5-9-20)13-28-25(33)17-35-26(34)22-12-29-31(16-22)15-21-10-6-7-11-24(21)27/h3-12,16H,13-15,17H2,1-2H3,(H,28,33). The number of nitrogens with one attached hydrogen (secondary N) is 1. The second-order valence-corrected chi connectivity index (χ2v) is 8.57. The Morgan fingerprint density at radius 3 is 2.54 bits per heavy atom. The van der Waals surface area contributed by atoms with Crippen molar-refractivity contribution in [3.63, 3.8) is 0 Å². The van der Waals surface area contributed by atoms with Crippen LogP contribution in [-0.4, -0.2) is 38.0 Å². The molecule has 0 spiro atoms. The Labute approximate surface area is 208 Å². The second-order valence-electron chi connectivity index (χ2n) is 8.16. The average molecular weight is 492 g/mol. The van der Waals surface area contributed by atoms with E-state index in [0.29, 0.717) is 24.7 Å². The summed E-state index contributed by atoms with van der Waals surface area (Å²) in [6.45, 7) is 4.89. The lowest BCUT2D eigenvalue weighted by molar-refractivity contribution is -0.124. The minimum Gasteiger partial charge on any atom is -0.452 e. The van der Waals surface area contributed by atoms with Gasteiger partial charge in [-0.25, -0.2) is 4.79 Å². The lowest BCUT2D eigenvalue weighted by Crippen LogP contribution is -2.28. The van der Waals surface area contributed by atoms with Crippen LogP contribution in [0.3, 0.4) is 0 Å². The van der Waals surface area contributed by atoms with Crippen LogP contribution < -0.4 is 5.32 Å². The van der Waals surface area contributed by atoms with Gasteiger partial charge < -0.3 is 10.1 Å². The summed E-state index contributed by atoms with van der Waals surface area (Å²) < 4.78 is 8.68. The molecular formula is C26H26ClN5O3. The van der Waals surface area contributed by atoms with Gasteiger partial charge in [0.05, 0.1) is 30.5 Å². The summed E-state index contributed by atoms with van der Waals surface area (Å²) in [4.78, 5) is 24.7. The molecule has 1 amide bonds. The van der Waals surface area contributed by atoms with Crippen molar-refractivity contribution in [1.82, 2.24) is 24.9 Å². The monoisotopic (exact) mass is 491 g/mol. The second kappa shape index (κ2) is 11.0. The van der Waals surface area contributed by atoms with Gasteiger partial charge in [0.25, 0.3) is 5.91 Å². The highest BCUT2D eigenvalue weighted by atomic mass is 35.5. The van der Waals surface area contributed by atoms with E-state index in [-0.39, 0.29) is 12.2 Å². The SMILES string of the molecule is Cc1nn(Cc2ccccc2)c(C)c1CNC(=O)COC(=O)c1cnn(Cc2ccccc2Cl)c1. The molecule has 0 fully saturated rings. The molecule has 0 bridgehead atoms. The van der Waals surface area contributed by atoms with E-state index >= 15 is 0 Å². The summed E-state index contributed by atoms with van der Waals surface area (Å²) >= 11 is 6.18. The molecule has 0 unspecified atom stereocenters. The highest BCUT2D eigenvalue weighted by Gasteiger charge is 2.15. The third kappa shape index (κ3) is 6.16. The van der Waals surface area contributed by atoms with Gasteiger partial charge in [-0.2, -0.15) is 10.2 Å². The summed E-state index contributed by atoms with van der Waals surface area (Å²) in [5.74, 6) is -1.01. The van der Waals surface area contributed by atoms with E-state index in [1.807, 2.05) is 67.1 Å². The summed E-state index contributed by atoms with van der Waals surface area (Å²) in [5.41, 5.74) is 5.07. The van der Waals surface area contributed by atoms with E-state index in [9.17, 15) is 9.59 Å². The molecule has 2 heterocycles. The molecule has 2 aromatic heterocycles. The number of nitrogens with zero attached hydrogens (tertiary/aromatic N) is 4. The third-order valence-corrected chi connectivity index (χ3v) is 6.03. The van der Waals surface area contributed by atoms with E-state index in [4.69, 9.17) is 16.3 Å². The molecule has 0 aliphatic heterocycles. The number of ether oxygens (including phenoxy) is 1. The van der Waals surface area contributed by atoms with Gasteiger partial charge in [0.1, 0.15) is 0 Å². The van der Waals surface area contributed by atoms with Gasteiger partial charge in [-0.1, -0.05) is 60.1 Å².